The van der Waals surface area contributed by atoms with E-state index in [2.05, 4.69) is 0 Å². The van der Waals surface area contributed by atoms with Crippen LogP contribution in [-0.4, -0.2) is 9.82 Å². The van der Waals surface area contributed by atoms with Crippen molar-refractivity contribution in [2.24, 2.45) is 0 Å². The minimum atomic E-state index is -2.89. The largest absolute Gasteiger partial charge is 0.354 e. The maximum Gasteiger partial charge on any atom is 0.283 e. The minimum absolute atomic E-state index is 0.0355. The molecule has 7 heteroatoms. The topological polar surface area (TPSA) is 63.4 Å². The first kappa shape index (κ1) is 14.2. The van der Waals surface area contributed by atoms with Gasteiger partial charge < -0.3 is 4.89 Å². The monoisotopic (exact) mass is 311 g/mol. The molecule has 0 aromatic heterocycles. The standard InChI is InChI=1S/C12H10NO3PS2/c14-13(15)11-8-4-5-9-12(11)19-17(16,18)10-6-2-1-3-7-10/h1-9H,(H,16,18). The van der Waals surface area contributed by atoms with Gasteiger partial charge in [-0.2, -0.15) is 0 Å². The Hall–Kier alpha value is -1.20. The van der Waals surface area contributed by atoms with Crippen molar-refractivity contribution in [3.05, 3.63) is 64.7 Å². The normalized spacial score (nSPS) is 13.7. The number of hydrogen-bond acceptors (Lipinski definition) is 4. The molecule has 0 heterocycles. The third-order valence-corrected chi connectivity index (χ3v) is 7.37. The predicted molar refractivity (Wildman–Crippen MR) is 81.5 cm³/mol. The summed E-state index contributed by atoms with van der Waals surface area (Å²) in [5.74, 6) is 0. The smallest absolute Gasteiger partial charge is 0.283 e. The summed E-state index contributed by atoms with van der Waals surface area (Å²) in [5.41, 5.74) is -2.92. The van der Waals surface area contributed by atoms with Gasteiger partial charge in [0.05, 0.1) is 9.82 Å². The van der Waals surface area contributed by atoms with Crippen molar-refractivity contribution in [1.82, 2.24) is 0 Å². The fourth-order valence-corrected chi connectivity index (χ4v) is 5.82. The Balaban J connectivity index is 2.36. The van der Waals surface area contributed by atoms with Crippen LogP contribution < -0.4 is 5.30 Å². The fraction of sp³-hybridized carbons (Fsp3) is 0. The zero-order valence-electron chi connectivity index (χ0n) is 9.67. The molecule has 0 aliphatic heterocycles. The molecule has 0 fully saturated rings. The number of nitro groups is 1. The highest BCUT2D eigenvalue weighted by Crippen LogP contribution is 2.59. The van der Waals surface area contributed by atoms with Crippen LogP contribution in [0.25, 0.3) is 0 Å². The molecule has 0 bridgehead atoms. The molecular formula is C12H10NO3PS2. The van der Waals surface area contributed by atoms with Crippen LogP contribution in [0, 0.1) is 10.1 Å². The molecule has 0 spiro atoms. The first-order chi connectivity index (χ1) is 9.00. The Labute approximate surface area is 119 Å². The molecule has 0 radical (unpaired) electrons. The van der Waals surface area contributed by atoms with Crippen molar-refractivity contribution < 1.29 is 9.82 Å². The van der Waals surface area contributed by atoms with Crippen LogP contribution in [0.5, 0.6) is 0 Å². The lowest BCUT2D eigenvalue weighted by molar-refractivity contribution is -0.387. The molecule has 19 heavy (non-hydrogen) atoms. The molecule has 98 valence electrons. The van der Waals surface area contributed by atoms with Gasteiger partial charge in [0.2, 0.25) is 0 Å². The van der Waals surface area contributed by atoms with Crippen LogP contribution >= 0.6 is 16.8 Å². The van der Waals surface area contributed by atoms with Gasteiger partial charge in [0.1, 0.15) is 0 Å². The number of nitro benzene ring substituents is 1. The summed E-state index contributed by atoms with van der Waals surface area (Å²) in [5, 5.41) is 11.6. The molecule has 0 amide bonds. The molecule has 2 aromatic rings. The van der Waals surface area contributed by atoms with Crippen LogP contribution in [0.3, 0.4) is 0 Å². The molecule has 0 saturated heterocycles. The lowest BCUT2D eigenvalue weighted by Gasteiger charge is -2.14. The van der Waals surface area contributed by atoms with Crippen LogP contribution in [-0.2, 0) is 11.8 Å². The van der Waals surface area contributed by atoms with Crippen LogP contribution in [0.15, 0.2) is 59.5 Å². The molecule has 2 rings (SSSR count). The summed E-state index contributed by atoms with van der Waals surface area (Å²) in [6, 6.07) is 15.2. The van der Waals surface area contributed by atoms with Crippen molar-refractivity contribution in [1.29, 1.82) is 0 Å². The maximum atomic E-state index is 10.9. The molecule has 0 aliphatic rings. The second kappa shape index (κ2) is 5.84. The van der Waals surface area contributed by atoms with E-state index in [1.165, 1.54) is 6.07 Å². The van der Waals surface area contributed by atoms with E-state index in [0.717, 1.165) is 11.4 Å². The molecule has 2 aromatic carbocycles. The lowest BCUT2D eigenvalue weighted by atomic mass is 10.3. The van der Waals surface area contributed by atoms with Gasteiger partial charge in [-0.1, -0.05) is 65.7 Å². The zero-order chi connectivity index (χ0) is 13.9. The Morgan fingerprint density at radius 2 is 1.68 bits per heavy atom. The van der Waals surface area contributed by atoms with Crippen molar-refractivity contribution in [2.75, 3.05) is 0 Å². The van der Waals surface area contributed by atoms with Gasteiger partial charge in [0.25, 0.3) is 5.69 Å². The number of para-hydroxylation sites is 1. The van der Waals surface area contributed by atoms with Gasteiger partial charge in [-0.3, -0.25) is 10.1 Å². The Morgan fingerprint density at radius 3 is 2.32 bits per heavy atom. The second-order valence-electron chi connectivity index (χ2n) is 3.67. The Bertz CT molecular complexity index is 648. The average Bonchev–Trinajstić information content (AvgIpc) is 2.39. The molecular weight excluding hydrogens is 301 g/mol. The fourth-order valence-electron chi connectivity index (χ4n) is 1.49. The zero-order valence-corrected chi connectivity index (χ0v) is 12.2. The summed E-state index contributed by atoms with van der Waals surface area (Å²) in [6.07, 6.45) is 0. The molecule has 0 aliphatic carbocycles. The third-order valence-electron chi connectivity index (χ3n) is 2.37. The van der Waals surface area contributed by atoms with Gasteiger partial charge in [-0.25, -0.2) is 0 Å². The van der Waals surface area contributed by atoms with E-state index < -0.39 is 10.4 Å². The van der Waals surface area contributed by atoms with E-state index in [-0.39, 0.29) is 5.69 Å². The summed E-state index contributed by atoms with van der Waals surface area (Å²) in [7, 11) is 0. The summed E-state index contributed by atoms with van der Waals surface area (Å²) < 4.78 is 0. The SMILES string of the molecule is O=[N+]([O-])c1ccccc1SP(O)(=S)c1ccccc1. The van der Waals surface area contributed by atoms with Crippen LogP contribution in [0.2, 0.25) is 0 Å². The lowest BCUT2D eigenvalue weighted by Crippen LogP contribution is -2.00. The van der Waals surface area contributed by atoms with E-state index >= 15 is 0 Å². The average molecular weight is 311 g/mol. The van der Waals surface area contributed by atoms with Gasteiger partial charge in [-0.05, 0) is 6.07 Å². The van der Waals surface area contributed by atoms with Crippen molar-refractivity contribution in [3.63, 3.8) is 0 Å². The van der Waals surface area contributed by atoms with Crippen molar-refractivity contribution >= 4 is 39.6 Å². The van der Waals surface area contributed by atoms with E-state index in [1.54, 1.807) is 42.5 Å². The number of hydrogen-bond donors (Lipinski definition) is 1. The van der Waals surface area contributed by atoms with E-state index in [4.69, 9.17) is 11.8 Å². The number of benzene rings is 2. The van der Waals surface area contributed by atoms with Gasteiger partial charge in [0.15, 0.2) is 5.47 Å². The first-order valence-corrected chi connectivity index (χ1v) is 9.50. The highest BCUT2D eigenvalue weighted by atomic mass is 32.9. The number of rotatable bonds is 4. The first-order valence-electron chi connectivity index (χ1n) is 5.32. The molecule has 1 unspecified atom stereocenters. The van der Waals surface area contributed by atoms with Crippen LogP contribution in [0.4, 0.5) is 5.69 Å². The van der Waals surface area contributed by atoms with Crippen molar-refractivity contribution in [2.45, 2.75) is 4.90 Å². The van der Waals surface area contributed by atoms with Crippen molar-refractivity contribution in [3.8, 4) is 0 Å². The van der Waals surface area contributed by atoms with E-state index in [0.29, 0.717) is 10.2 Å². The second-order valence-corrected chi connectivity index (χ2v) is 10.3. The third kappa shape index (κ3) is 3.42. The summed E-state index contributed by atoms with van der Waals surface area (Å²) in [4.78, 5) is 21.3. The van der Waals surface area contributed by atoms with E-state index in [9.17, 15) is 15.0 Å². The quantitative estimate of drug-likeness (QED) is 0.533. The predicted octanol–water partition coefficient (Wildman–Crippen LogP) is 3.31. The molecule has 0 saturated carbocycles. The van der Waals surface area contributed by atoms with Gasteiger partial charge in [-0.15, -0.1) is 0 Å². The molecule has 1 N–H and O–H groups in total. The number of nitrogens with zero attached hydrogens (tertiary/aromatic N) is 1. The maximum absolute atomic E-state index is 10.9. The van der Waals surface area contributed by atoms with E-state index in [1.807, 2.05) is 6.07 Å². The molecule has 4 nitrogen and oxygen atoms in total. The van der Waals surface area contributed by atoms with Gasteiger partial charge >= 0.3 is 0 Å². The Kier molecular flexibility index (Phi) is 4.37. The molecule has 1 atom stereocenters. The van der Waals surface area contributed by atoms with Crippen LogP contribution in [0.1, 0.15) is 0 Å². The highest BCUT2D eigenvalue weighted by molar-refractivity contribution is 8.71. The minimum Gasteiger partial charge on any atom is -0.354 e. The summed E-state index contributed by atoms with van der Waals surface area (Å²) >= 11 is 6.24. The van der Waals surface area contributed by atoms with Gasteiger partial charge in [0, 0.05) is 11.4 Å². The summed E-state index contributed by atoms with van der Waals surface area (Å²) in [6.45, 7) is 0. The Morgan fingerprint density at radius 1 is 1.11 bits per heavy atom. The highest BCUT2D eigenvalue weighted by Gasteiger charge is 2.23.